The Hall–Kier alpha value is -3.98. The molecule has 0 unspecified atom stereocenters. The van der Waals surface area contributed by atoms with E-state index in [9.17, 15) is 4.79 Å². The summed E-state index contributed by atoms with van der Waals surface area (Å²) >= 11 is 1.33. The van der Waals surface area contributed by atoms with Crippen LogP contribution < -0.4 is 19.5 Å². The first-order valence-corrected chi connectivity index (χ1v) is 12.4. The van der Waals surface area contributed by atoms with E-state index in [2.05, 4.69) is 15.5 Å². The molecule has 1 N–H and O–H groups in total. The standard InChI is InChI=1S/C27H28N4O4S/c1-33-23-14-13-20(17-24(23)34-2)15-16-28-26(32)19-36-27-30-29-25(18-35-22-11-7-4-8-12-22)31(27)21-9-5-3-6-10-21/h3-14,17H,15-16,18-19H2,1-2H3,(H,28,32). The summed E-state index contributed by atoms with van der Waals surface area (Å²) in [5, 5.41) is 12.3. The molecule has 36 heavy (non-hydrogen) atoms. The van der Waals surface area contributed by atoms with Gasteiger partial charge in [0.25, 0.3) is 0 Å². The molecular formula is C27H28N4O4S. The smallest absolute Gasteiger partial charge is 0.230 e. The summed E-state index contributed by atoms with van der Waals surface area (Å²) < 4.78 is 18.4. The zero-order chi connectivity index (χ0) is 25.2. The highest BCUT2D eigenvalue weighted by Crippen LogP contribution is 2.27. The quantitative estimate of drug-likeness (QED) is 0.288. The maximum Gasteiger partial charge on any atom is 0.230 e. The van der Waals surface area contributed by atoms with Gasteiger partial charge >= 0.3 is 0 Å². The minimum absolute atomic E-state index is 0.0785. The number of para-hydroxylation sites is 2. The number of carbonyl (C=O) groups excluding carboxylic acids is 1. The van der Waals surface area contributed by atoms with E-state index in [1.165, 1.54) is 11.8 Å². The van der Waals surface area contributed by atoms with Gasteiger partial charge in [-0.3, -0.25) is 9.36 Å². The highest BCUT2D eigenvalue weighted by atomic mass is 32.2. The van der Waals surface area contributed by atoms with Gasteiger partial charge in [0, 0.05) is 12.2 Å². The fraction of sp³-hybridized carbons (Fsp3) is 0.222. The number of thioether (sulfide) groups is 1. The molecule has 0 radical (unpaired) electrons. The predicted molar refractivity (Wildman–Crippen MR) is 139 cm³/mol. The lowest BCUT2D eigenvalue weighted by Crippen LogP contribution is -2.27. The normalized spacial score (nSPS) is 10.6. The molecule has 0 spiro atoms. The Bertz CT molecular complexity index is 1270. The SMILES string of the molecule is COc1ccc(CCNC(=O)CSc2nnc(COc3ccccc3)n2-c2ccccc2)cc1OC. The van der Waals surface area contributed by atoms with Gasteiger partial charge < -0.3 is 19.5 Å². The number of nitrogens with zero attached hydrogens (tertiary/aromatic N) is 3. The van der Waals surface area contributed by atoms with Crippen LogP contribution in [0, 0.1) is 0 Å². The van der Waals surface area contributed by atoms with Crippen molar-refractivity contribution < 1.29 is 19.0 Å². The van der Waals surface area contributed by atoms with Crippen molar-refractivity contribution in [2.75, 3.05) is 26.5 Å². The maximum absolute atomic E-state index is 12.5. The second-order valence-electron chi connectivity index (χ2n) is 7.75. The van der Waals surface area contributed by atoms with E-state index >= 15 is 0 Å². The number of nitrogens with one attached hydrogen (secondary N) is 1. The van der Waals surface area contributed by atoms with E-state index in [-0.39, 0.29) is 18.3 Å². The molecule has 0 saturated carbocycles. The number of ether oxygens (including phenoxy) is 3. The van der Waals surface area contributed by atoms with E-state index < -0.39 is 0 Å². The van der Waals surface area contributed by atoms with Crippen molar-refractivity contribution in [2.24, 2.45) is 0 Å². The number of aromatic nitrogens is 3. The van der Waals surface area contributed by atoms with Crippen LogP contribution in [-0.2, 0) is 17.8 Å². The molecular weight excluding hydrogens is 476 g/mol. The summed E-state index contributed by atoms with van der Waals surface area (Å²) in [5.74, 6) is 2.90. The number of hydrogen-bond acceptors (Lipinski definition) is 7. The molecule has 1 heterocycles. The van der Waals surface area contributed by atoms with Crippen molar-refractivity contribution in [3.05, 3.63) is 90.3 Å². The van der Waals surface area contributed by atoms with Crippen LogP contribution in [-0.4, -0.2) is 47.2 Å². The molecule has 186 valence electrons. The Kier molecular flexibility index (Phi) is 8.82. The van der Waals surface area contributed by atoms with Gasteiger partial charge in [0.2, 0.25) is 5.91 Å². The number of hydrogen-bond donors (Lipinski definition) is 1. The Morgan fingerprint density at radius 3 is 2.36 bits per heavy atom. The third kappa shape index (κ3) is 6.57. The number of rotatable bonds is 12. The minimum Gasteiger partial charge on any atom is -0.493 e. The van der Waals surface area contributed by atoms with E-state index in [1.807, 2.05) is 83.4 Å². The van der Waals surface area contributed by atoms with Crippen molar-refractivity contribution in [3.8, 4) is 22.9 Å². The van der Waals surface area contributed by atoms with Gasteiger partial charge in [0.1, 0.15) is 12.4 Å². The first-order chi connectivity index (χ1) is 17.7. The third-order valence-electron chi connectivity index (χ3n) is 5.34. The van der Waals surface area contributed by atoms with Gasteiger partial charge in [-0.25, -0.2) is 0 Å². The monoisotopic (exact) mass is 504 g/mol. The van der Waals surface area contributed by atoms with Gasteiger partial charge in [-0.2, -0.15) is 0 Å². The van der Waals surface area contributed by atoms with Crippen molar-refractivity contribution in [3.63, 3.8) is 0 Å². The highest BCUT2D eigenvalue weighted by molar-refractivity contribution is 7.99. The first kappa shape index (κ1) is 25.1. The largest absolute Gasteiger partial charge is 0.493 e. The zero-order valence-corrected chi connectivity index (χ0v) is 21.0. The van der Waals surface area contributed by atoms with Crippen molar-refractivity contribution in [1.29, 1.82) is 0 Å². The maximum atomic E-state index is 12.5. The second kappa shape index (κ2) is 12.6. The molecule has 9 heteroatoms. The van der Waals surface area contributed by atoms with Crippen molar-refractivity contribution >= 4 is 17.7 Å². The Morgan fingerprint density at radius 1 is 0.917 bits per heavy atom. The lowest BCUT2D eigenvalue weighted by Gasteiger charge is -2.11. The second-order valence-corrected chi connectivity index (χ2v) is 8.69. The molecule has 4 rings (SSSR count). The molecule has 0 aliphatic rings. The third-order valence-corrected chi connectivity index (χ3v) is 6.27. The van der Waals surface area contributed by atoms with Crippen LogP contribution in [0.4, 0.5) is 0 Å². The fourth-order valence-electron chi connectivity index (χ4n) is 3.55. The number of methoxy groups -OCH3 is 2. The van der Waals surface area contributed by atoms with Crippen LogP contribution in [0.25, 0.3) is 5.69 Å². The Labute approximate surface area is 214 Å². The number of amides is 1. The summed E-state index contributed by atoms with van der Waals surface area (Å²) in [7, 11) is 3.21. The van der Waals surface area contributed by atoms with Gasteiger partial charge in [-0.15, -0.1) is 10.2 Å². The fourth-order valence-corrected chi connectivity index (χ4v) is 4.35. The van der Waals surface area contributed by atoms with Crippen LogP contribution in [0.5, 0.6) is 17.2 Å². The van der Waals surface area contributed by atoms with Crippen LogP contribution in [0.15, 0.2) is 84.0 Å². The molecule has 0 fully saturated rings. The van der Waals surface area contributed by atoms with E-state index in [1.54, 1.807) is 14.2 Å². The molecule has 4 aromatic rings. The molecule has 0 atom stereocenters. The highest BCUT2D eigenvalue weighted by Gasteiger charge is 2.16. The van der Waals surface area contributed by atoms with Gasteiger partial charge in [-0.05, 0) is 48.4 Å². The van der Waals surface area contributed by atoms with E-state index in [0.29, 0.717) is 35.4 Å². The lowest BCUT2D eigenvalue weighted by atomic mass is 10.1. The number of benzene rings is 3. The molecule has 1 amide bonds. The summed E-state index contributed by atoms with van der Waals surface area (Å²) in [5.41, 5.74) is 1.96. The van der Waals surface area contributed by atoms with Crippen LogP contribution in [0.3, 0.4) is 0 Å². The molecule has 3 aromatic carbocycles. The molecule has 1 aromatic heterocycles. The van der Waals surface area contributed by atoms with Gasteiger partial charge in [0.15, 0.2) is 22.5 Å². The minimum atomic E-state index is -0.0785. The molecule has 0 aliphatic carbocycles. The Balaban J connectivity index is 1.36. The predicted octanol–water partition coefficient (Wildman–Crippen LogP) is 4.31. The molecule has 0 bridgehead atoms. The van der Waals surface area contributed by atoms with Crippen LogP contribution in [0.2, 0.25) is 0 Å². The van der Waals surface area contributed by atoms with Crippen LogP contribution in [0.1, 0.15) is 11.4 Å². The van der Waals surface area contributed by atoms with Crippen molar-refractivity contribution in [1.82, 2.24) is 20.1 Å². The van der Waals surface area contributed by atoms with E-state index in [4.69, 9.17) is 14.2 Å². The average molecular weight is 505 g/mol. The molecule has 0 saturated heterocycles. The molecule has 0 aliphatic heterocycles. The first-order valence-electron chi connectivity index (χ1n) is 11.5. The van der Waals surface area contributed by atoms with Crippen LogP contribution >= 0.6 is 11.8 Å². The average Bonchev–Trinajstić information content (AvgIpc) is 3.34. The van der Waals surface area contributed by atoms with Gasteiger partial charge in [-0.1, -0.05) is 54.2 Å². The summed E-state index contributed by atoms with van der Waals surface area (Å²) in [6.07, 6.45) is 0.679. The summed E-state index contributed by atoms with van der Waals surface area (Å²) in [6.45, 7) is 0.764. The summed E-state index contributed by atoms with van der Waals surface area (Å²) in [6, 6.07) is 25.1. The Morgan fingerprint density at radius 2 is 1.64 bits per heavy atom. The zero-order valence-electron chi connectivity index (χ0n) is 20.2. The van der Waals surface area contributed by atoms with Crippen molar-refractivity contribution in [2.45, 2.75) is 18.2 Å². The summed E-state index contributed by atoms with van der Waals surface area (Å²) in [4.78, 5) is 12.5. The van der Waals surface area contributed by atoms with E-state index in [0.717, 1.165) is 17.0 Å². The van der Waals surface area contributed by atoms with Gasteiger partial charge in [0.05, 0.1) is 20.0 Å². The topological polar surface area (TPSA) is 87.5 Å². The lowest BCUT2D eigenvalue weighted by molar-refractivity contribution is -0.118. The number of carbonyl (C=O) groups is 1. The molecule has 8 nitrogen and oxygen atoms in total.